The van der Waals surface area contributed by atoms with Gasteiger partial charge in [0.2, 0.25) is 5.78 Å². The predicted octanol–water partition coefficient (Wildman–Crippen LogP) is 3.08. The van der Waals surface area contributed by atoms with Crippen molar-refractivity contribution in [2.45, 2.75) is 65.5 Å². The summed E-state index contributed by atoms with van der Waals surface area (Å²) in [5.41, 5.74) is 2.00. The third kappa shape index (κ3) is 5.61. The van der Waals surface area contributed by atoms with Crippen LogP contribution in [0.4, 0.5) is 4.79 Å². The lowest BCUT2D eigenvalue weighted by Crippen LogP contribution is -2.33. The number of amides is 1. The van der Waals surface area contributed by atoms with E-state index in [0.29, 0.717) is 11.6 Å². The van der Waals surface area contributed by atoms with Crippen molar-refractivity contribution in [3.63, 3.8) is 0 Å². The molecule has 7 heteroatoms. The van der Waals surface area contributed by atoms with E-state index in [9.17, 15) is 14.4 Å². The number of rotatable bonds is 7. The number of hydrogen-bond acceptors (Lipinski definition) is 5. The summed E-state index contributed by atoms with van der Waals surface area (Å²) in [5.74, 6) is -0.746. The molecule has 1 aromatic heterocycles. The smallest absolute Gasteiger partial charge is 0.407 e. The maximum atomic E-state index is 12.3. The molecule has 1 aliphatic carbocycles. The van der Waals surface area contributed by atoms with Gasteiger partial charge in [0.1, 0.15) is 5.60 Å². The van der Waals surface area contributed by atoms with Gasteiger partial charge in [-0.05, 0) is 53.5 Å². The number of aromatic nitrogens is 1. The maximum Gasteiger partial charge on any atom is 0.407 e. The Labute approximate surface area is 154 Å². The standard InChI is InChI=1S/C19H28N2O5/c1-12-10-15(13(2)21(12)14-6-7-14)16(22)11-25-17(23)8-9-20-18(24)26-19(3,4)5/h10,14H,6-9,11H2,1-5H3,(H,20,24). The lowest BCUT2D eigenvalue weighted by Gasteiger charge is -2.19. The van der Waals surface area contributed by atoms with Crippen molar-refractivity contribution in [3.05, 3.63) is 23.0 Å². The summed E-state index contributed by atoms with van der Waals surface area (Å²) in [6, 6.07) is 2.35. The summed E-state index contributed by atoms with van der Waals surface area (Å²) in [6.07, 6.45) is 1.68. The van der Waals surface area contributed by atoms with Crippen LogP contribution >= 0.6 is 0 Å². The van der Waals surface area contributed by atoms with E-state index in [1.807, 2.05) is 19.9 Å². The minimum absolute atomic E-state index is 0.0202. The average Bonchev–Trinajstić information content (AvgIpc) is 3.28. The quantitative estimate of drug-likeness (QED) is 0.593. The minimum Gasteiger partial charge on any atom is -0.457 e. The molecular weight excluding hydrogens is 336 g/mol. The van der Waals surface area contributed by atoms with Crippen LogP contribution in [0.1, 0.15) is 67.8 Å². The predicted molar refractivity (Wildman–Crippen MR) is 96.3 cm³/mol. The fourth-order valence-corrected chi connectivity index (χ4v) is 2.83. The number of hydrogen-bond donors (Lipinski definition) is 1. The molecule has 0 aromatic carbocycles. The molecule has 1 N–H and O–H groups in total. The van der Waals surface area contributed by atoms with E-state index in [0.717, 1.165) is 24.2 Å². The van der Waals surface area contributed by atoms with Gasteiger partial charge in [-0.1, -0.05) is 0 Å². The third-order valence-electron chi connectivity index (χ3n) is 4.06. The highest BCUT2D eigenvalue weighted by Crippen LogP contribution is 2.38. The molecule has 0 atom stereocenters. The summed E-state index contributed by atoms with van der Waals surface area (Å²) < 4.78 is 12.3. The largest absolute Gasteiger partial charge is 0.457 e. The average molecular weight is 364 g/mol. The van der Waals surface area contributed by atoms with Gasteiger partial charge in [0, 0.05) is 29.5 Å². The molecule has 1 aromatic rings. The molecule has 2 rings (SSSR count). The number of aryl methyl sites for hydroxylation is 1. The monoisotopic (exact) mass is 364 g/mol. The highest BCUT2D eigenvalue weighted by atomic mass is 16.6. The number of carbonyl (C=O) groups excluding carboxylic acids is 3. The number of Topliss-reactive ketones (excluding diaryl/α,β-unsaturated/α-hetero) is 1. The van der Waals surface area contributed by atoms with E-state index in [1.54, 1.807) is 20.8 Å². The normalized spacial score (nSPS) is 14.0. The van der Waals surface area contributed by atoms with Crippen LogP contribution in [0, 0.1) is 13.8 Å². The van der Waals surface area contributed by atoms with Gasteiger partial charge in [0.15, 0.2) is 6.61 Å². The second-order valence-electron chi connectivity index (χ2n) is 7.65. The molecule has 144 valence electrons. The fraction of sp³-hybridized carbons (Fsp3) is 0.632. The lowest BCUT2D eigenvalue weighted by molar-refractivity contribution is -0.142. The number of ether oxygens (including phenoxy) is 2. The van der Waals surface area contributed by atoms with Gasteiger partial charge in [0.05, 0.1) is 6.42 Å². The molecule has 1 aliphatic rings. The zero-order valence-electron chi connectivity index (χ0n) is 16.2. The van der Waals surface area contributed by atoms with Crippen molar-refractivity contribution in [2.24, 2.45) is 0 Å². The first kappa shape index (κ1) is 20.0. The van der Waals surface area contributed by atoms with E-state index >= 15 is 0 Å². The summed E-state index contributed by atoms with van der Waals surface area (Å²) in [4.78, 5) is 35.6. The van der Waals surface area contributed by atoms with Crippen LogP contribution in [0.2, 0.25) is 0 Å². The summed E-state index contributed by atoms with van der Waals surface area (Å²) in [5, 5.41) is 2.48. The van der Waals surface area contributed by atoms with Crippen LogP contribution in [0.25, 0.3) is 0 Å². The Morgan fingerprint density at radius 2 is 1.88 bits per heavy atom. The van der Waals surface area contributed by atoms with Crippen molar-refractivity contribution in [1.29, 1.82) is 0 Å². The molecule has 0 aliphatic heterocycles. The Hall–Kier alpha value is -2.31. The Balaban J connectivity index is 1.75. The van der Waals surface area contributed by atoms with Gasteiger partial charge < -0.3 is 19.4 Å². The second kappa shape index (κ2) is 7.93. The van der Waals surface area contributed by atoms with E-state index < -0.39 is 17.7 Å². The zero-order valence-corrected chi connectivity index (χ0v) is 16.2. The van der Waals surface area contributed by atoms with E-state index in [2.05, 4.69) is 9.88 Å². The zero-order chi connectivity index (χ0) is 19.5. The second-order valence-corrected chi connectivity index (χ2v) is 7.65. The first-order valence-corrected chi connectivity index (χ1v) is 8.92. The number of carbonyl (C=O) groups is 3. The Bertz CT molecular complexity index is 696. The molecule has 1 saturated carbocycles. The van der Waals surface area contributed by atoms with Gasteiger partial charge >= 0.3 is 12.1 Å². The summed E-state index contributed by atoms with van der Waals surface area (Å²) in [7, 11) is 0. The Morgan fingerprint density at radius 3 is 2.46 bits per heavy atom. The van der Waals surface area contributed by atoms with Crippen LogP contribution in [0.3, 0.4) is 0 Å². The van der Waals surface area contributed by atoms with E-state index in [-0.39, 0.29) is 25.4 Å². The number of ketones is 1. The van der Waals surface area contributed by atoms with Crippen molar-refractivity contribution in [2.75, 3.05) is 13.2 Å². The molecule has 0 saturated heterocycles. The van der Waals surface area contributed by atoms with Gasteiger partial charge in [-0.2, -0.15) is 0 Å². The van der Waals surface area contributed by atoms with Crippen molar-refractivity contribution in [1.82, 2.24) is 9.88 Å². The highest BCUT2D eigenvalue weighted by Gasteiger charge is 2.28. The SMILES string of the molecule is Cc1cc(C(=O)COC(=O)CCNC(=O)OC(C)(C)C)c(C)n1C1CC1. The molecule has 1 amide bonds. The van der Waals surface area contributed by atoms with Crippen molar-refractivity contribution >= 4 is 17.8 Å². The van der Waals surface area contributed by atoms with Crippen LogP contribution in [-0.2, 0) is 14.3 Å². The highest BCUT2D eigenvalue weighted by molar-refractivity contribution is 5.99. The number of nitrogens with zero attached hydrogens (tertiary/aromatic N) is 1. The maximum absolute atomic E-state index is 12.3. The molecule has 1 heterocycles. The van der Waals surface area contributed by atoms with Crippen LogP contribution in [0.5, 0.6) is 0 Å². The number of esters is 1. The van der Waals surface area contributed by atoms with Gasteiger partial charge in [0.25, 0.3) is 0 Å². The minimum atomic E-state index is -0.593. The Kier molecular flexibility index (Phi) is 6.10. The van der Waals surface area contributed by atoms with Crippen LogP contribution in [-0.4, -0.2) is 41.2 Å². The van der Waals surface area contributed by atoms with Gasteiger partial charge in [-0.25, -0.2) is 4.79 Å². The first-order valence-electron chi connectivity index (χ1n) is 8.92. The van der Waals surface area contributed by atoms with Crippen molar-refractivity contribution in [3.8, 4) is 0 Å². The lowest BCUT2D eigenvalue weighted by atomic mass is 10.1. The van der Waals surface area contributed by atoms with Gasteiger partial charge in [-0.15, -0.1) is 0 Å². The molecule has 0 radical (unpaired) electrons. The van der Waals surface area contributed by atoms with E-state index in [1.165, 1.54) is 0 Å². The third-order valence-corrected chi connectivity index (χ3v) is 4.06. The van der Waals surface area contributed by atoms with Gasteiger partial charge in [-0.3, -0.25) is 9.59 Å². The molecule has 0 unspecified atom stereocenters. The molecular formula is C19H28N2O5. The molecule has 7 nitrogen and oxygen atoms in total. The first-order chi connectivity index (χ1) is 12.1. The number of nitrogens with one attached hydrogen (secondary N) is 1. The summed E-state index contributed by atoms with van der Waals surface area (Å²) in [6.45, 7) is 8.98. The topological polar surface area (TPSA) is 86.6 Å². The molecule has 1 fully saturated rings. The van der Waals surface area contributed by atoms with Crippen LogP contribution in [0.15, 0.2) is 6.07 Å². The fourth-order valence-electron chi connectivity index (χ4n) is 2.83. The Morgan fingerprint density at radius 1 is 1.23 bits per heavy atom. The number of alkyl carbamates (subject to hydrolysis) is 1. The van der Waals surface area contributed by atoms with Crippen LogP contribution < -0.4 is 5.32 Å². The van der Waals surface area contributed by atoms with Crippen molar-refractivity contribution < 1.29 is 23.9 Å². The molecule has 0 bridgehead atoms. The van der Waals surface area contributed by atoms with E-state index in [4.69, 9.17) is 9.47 Å². The summed E-state index contributed by atoms with van der Waals surface area (Å²) >= 11 is 0. The molecule has 26 heavy (non-hydrogen) atoms. The molecule has 0 spiro atoms.